The first-order valence-corrected chi connectivity index (χ1v) is 9.14. The second-order valence-electron chi connectivity index (χ2n) is 6.23. The highest BCUT2D eigenvalue weighted by Gasteiger charge is 2.21. The van der Waals surface area contributed by atoms with Crippen molar-refractivity contribution in [2.45, 2.75) is 52.7 Å². The molecule has 0 aliphatic carbocycles. The second-order valence-corrected chi connectivity index (χ2v) is 6.23. The molecule has 0 radical (unpaired) electrons. The lowest BCUT2D eigenvalue weighted by Crippen LogP contribution is -2.39. The van der Waals surface area contributed by atoms with Crippen LogP contribution in [0.3, 0.4) is 0 Å². The average Bonchev–Trinajstić information content (AvgIpc) is 3.06. The van der Waals surface area contributed by atoms with Gasteiger partial charge in [0.15, 0.2) is 5.82 Å². The number of H-pyrrole nitrogens is 1. The smallest absolute Gasteiger partial charge is 0.330 e. The average molecular weight is 380 g/mol. The summed E-state index contributed by atoms with van der Waals surface area (Å²) in [7, 11) is 1.58. The number of hydrogen-bond acceptors (Lipinski definition) is 8. The number of nitrogens with one attached hydrogen (secondary N) is 1. The molecule has 0 aliphatic rings. The fraction of sp³-hybridized carbons (Fsp3) is 0.688. The molecule has 2 aromatic rings. The summed E-state index contributed by atoms with van der Waals surface area (Å²) in [5, 5.41) is 11.7. The molecule has 0 bridgehead atoms. The van der Waals surface area contributed by atoms with Gasteiger partial charge < -0.3 is 15.4 Å². The number of unbranched alkanes of at least 4 members (excludes halogenated alkanes) is 1. The van der Waals surface area contributed by atoms with Crippen molar-refractivity contribution in [1.82, 2.24) is 29.8 Å². The van der Waals surface area contributed by atoms with E-state index in [2.05, 4.69) is 20.5 Å². The lowest BCUT2D eigenvalue weighted by atomic mass is 10.3. The molecular weight excluding hydrogens is 352 g/mol. The van der Waals surface area contributed by atoms with Gasteiger partial charge in [0, 0.05) is 26.7 Å². The summed E-state index contributed by atoms with van der Waals surface area (Å²) in [5.74, 6) is 0.751. The van der Waals surface area contributed by atoms with Crippen LogP contribution in [-0.4, -0.2) is 50.0 Å². The van der Waals surface area contributed by atoms with Gasteiger partial charge >= 0.3 is 5.69 Å². The maximum Gasteiger partial charge on any atom is 0.330 e. The molecule has 0 amide bonds. The Balaban J connectivity index is 2.45. The Labute approximate surface area is 157 Å². The van der Waals surface area contributed by atoms with Crippen LogP contribution in [0, 0.1) is 0 Å². The van der Waals surface area contributed by atoms with Gasteiger partial charge in [0.1, 0.15) is 11.5 Å². The molecule has 0 saturated carbocycles. The van der Waals surface area contributed by atoms with Gasteiger partial charge in [-0.2, -0.15) is 0 Å². The van der Waals surface area contributed by atoms with E-state index in [9.17, 15) is 9.59 Å². The summed E-state index contributed by atoms with van der Waals surface area (Å²) in [6, 6.07) is 0. The number of nitrogens with two attached hydrogens (primary N) is 1. The first kappa shape index (κ1) is 20.6. The van der Waals surface area contributed by atoms with Gasteiger partial charge in [-0.1, -0.05) is 20.3 Å². The highest BCUT2D eigenvalue weighted by atomic mass is 16.5. The standard InChI is InChI=1S/C16H28N8O3/c1-4-6-8-23-14(17)13(15(25)18-16(23)26)22(9-10-27-3)11-12-19-20-21-24(12)7-5-2/h4-11,17H2,1-3H3,(H,18,25,26). The van der Waals surface area contributed by atoms with Crippen molar-refractivity contribution in [2.24, 2.45) is 0 Å². The molecular formula is C16H28N8O3. The molecule has 2 heterocycles. The molecule has 0 saturated heterocycles. The van der Waals surface area contributed by atoms with E-state index in [-0.39, 0.29) is 18.1 Å². The maximum absolute atomic E-state index is 12.5. The Morgan fingerprint density at radius 1 is 1.22 bits per heavy atom. The number of rotatable bonds is 11. The van der Waals surface area contributed by atoms with Gasteiger partial charge in [-0.15, -0.1) is 5.10 Å². The van der Waals surface area contributed by atoms with Crippen LogP contribution in [0.15, 0.2) is 9.59 Å². The maximum atomic E-state index is 12.5. The minimum atomic E-state index is -0.532. The topological polar surface area (TPSA) is 137 Å². The molecule has 11 nitrogen and oxygen atoms in total. The van der Waals surface area contributed by atoms with E-state index in [1.54, 1.807) is 16.7 Å². The summed E-state index contributed by atoms with van der Waals surface area (Å²) in [4.78, 5) is 28.8. The zero-order chi connectivity index (χ0) is 19.8. The number of ether oxygens (including phenoxy) is 1. The van der Waals surface area contributed by atoms with Crippen LogP contribution in [0.25, 0.3) is 0 Å². The van der Waals surface area contributed by atoms with Crippen molar-refractivity contribution in [2.75, 3.05) is 30.9 Å². The third kappa shape index (κ3) is 4.94. The van der Waals surface area contributed by atoms with Crippen LogP contribution in [0.5, 0.6) is 0 Å². The molecule has 3 N–H and O–H groups in total. The summed E-state index contributed by atoms with van der Waals surface area (Å²) in [5.41, 5.74) is 5.42. The van der Waals surface area contributed by atoms with Gasteiger partial charge in [0.05, 0.1) is 13.2 Å². The van der Waals surface area contributed by atoms with Crippen LogP contribution < -0.4 is 21.9 Å². The van der Waals surface area contributed by atoms with Crippen molar-refractivity contribution in [3.05, 3.63) is 26.7 Å². The molecule has 0 fully saturated rings. The summed E-state index contributed by atoms with van der Waals surface area (Å²) < 4.78 is 8.26. The molecule has 27 heavy (non-hydrogen) atoms. The third-order valence-corrected chi connectivity index (χ3v) is 4.20. The largest absolute Gasteiger partial charge is 0.383 e. The van der Waals surface area contributed by atoms with Crippen molar-refractivity contribution < 1.29 is 4.74 Å². The number of anilines is 2. The third-order valence-electron chi connectivity index (χ3n) is 4.20. The van der Waals surface area contributed by atoms with Crippen LogP contribution in [-0.2, 0) is 24.4 Å². The predicted octanol–water partition coefficient (Wildman–Crippen LogP) is -0.0316. The minimum absolute atomic E-state index is 0.141. The number of tetrazole rings is 1. The van der Waals surface area contributed by atoms with E-state index in [1.807, 2.05) is 13.8 Å². The Bertz CT molecular complexity index is 841. The van der Waals surface area contributed by atoms with E-state index in [0.717, 1.165) is 19.3 Å². The van der Waals surface area contributed by atoms with E-state index in [4.69, 9.17) is 10.5 Å². The molecule has 0 aliphatic heterocycles. The lowest BCUT2D eigenvalue weighted by molar-refractivity contribution is 0.204. The van der Waals surface area contributed by atoms with E-state index in [0.29, 0.717) is 32.1 Å². The van der Waals surface area contributed by atoms with E-state index < -0.39 is 11.2 Å². The van der Waals surface area contributed by atoms with Crippen LogP contribution >= 0.6 is 0 Å². The molecule has 11 heteroatoms. The first-order valence-electron chi connectivity index (χ1n) is 9.14. The zero-order valence-corrected chi connectivity index (χ0v) is 16.1. The van der Waals surface area contributed by atoms with Crippen LogP contribution in [0.2, 0.25) is 0 Å². The SMILES string of the molecule is CCCCn1c(N)c(N(CCOC)Cc2nnnn2CCC)c(=O)[nH]c1=O. The lowest BCUT2D eigenvalue weighted by Gasteiger charge is -2.25. The molecule has 150 valence electrons. The van der Waals surface area contributed by atoms with Crippen molar-refractivity contribution in [3.63, 3.8) is 0 Å². The molecule has 0 spiro atoms. The molecule has 0 unspecified atom stereocenters. The number of nitrogens with zero attached hydrogens (tertiary/aromatic N) is 6. The molecule has 0 atom stereocenters. The van der Waals surface area contributed by atoms with E-state index in [1.165, 1.54) is 4.57 Å². The van der Waals surface area contributed by atoms with Gasteiger partial charge in [-0.25, -0.2) is 9.48 Å². The van der Waals surface area contributed by atoms with Crippen LogP contribution in [0.4, 0.5) is 11.5 Å². The molecule has 0 aromatic carbocycles. The minimum Gasteiger partial charge on any atom is -0.383 e. The quantitative estimate of drug-likeness (QED) is 0.554. The Morgan fingerprint density at radius 3 is 2.67 bits per heavy atom. The number of methoxy groups -OCH3 is 1. The number of aromatic amines is 1. The highest BCUT2D eigenvalue weighted by Crippen LogP contribution is 2.19. The monoisotopic (exact) mass is 380 g/mol. The number of nitrogen functional groups attached to an aromatic ring is 1. The van der Waals surface area contributed by atoms with Gasteiger partial charge in [0.25, 0.3) is 5.56 Å². The second kappa shape index (κ2) is 9.86. The van der Waals surface area contributed by atoms with Gasteiger partial charge in [-0.3, -0.25) is 14.3 Å². The molecule has 2 aromatic heterocycles. The molecule has 2 rings (SSSR count). The summed E-state index contributed by atoms with van der Waals surface area (Å²) >= 11 is 0. The Hall–Kier alpha value is -2.69. The Morgan fingerprint density at radius 2 is 2.00 bits per heavy atom. The van der Waals surface area contributed by atoms with Crippen molar-refractivity contribution in [3.8, 4) is 0 Å². The fourth-order valence-electron chi connectivity index (χ4n) is 2.79. The summed E-state index contributed by atoms with van der Waals surface area (Å²) in [6.45, 7) is 6.21. The zero-order valence-electron chi connectivity index (χ0n) is 16.1. The van der Waals surface area contributed by atoms with Gasteiger partial charge in [0.2, 0.25) is 0 Å². The highest BCUT2D eigenvalue weighted by molar-refractivity contribution is 5.62. The number of aromatic nitrogens is 6. The summed E-state index contributed by atoms with van der Waals surface area (Å²) in [6.07, 6.45) is 2.56. The van der Waals surface area contributed by atoms with Crippen molar-refractivity contribution >= 4 is 11.5 Å². The first-order chi connectivity index (χ1) is 13.0. The number of hydrogen-bond donors (Lipinski definition) is 2. The normalized spacial score (nSPS) is 11.1. The fourth-order valence-corrected chi connectivity index (χ4v) is 2.79. The van der Waals surface area contributed by atoms with Gasteiger partial charge in [-0.05, 0) is 23.3 Å². The van der Waals surface area contributed by atoms with Crippen molar-refractivity contribution in [1.29, 1.82) is 0 Å². The number of aryl methyl sites for hydroxylation is 1. The van der Waals surface area contributed by atoms with Crippen LogP contribution in [0.1, 0.15) is 38.9 Å². The predicted molar refractivity (Wildman–Crippen MR) is 102 cm³/mol. The Kier molecular flexibility index (Phi) is 7.53. The van der Waals surface area contributed by atoms with E-state index >= 15 is 0 Å².